The van der Waals surface area contributed by atoms with E-state index >= 15 is 0 Å². The van der Waals surface area contributed by atoms with E-state index in [2.05, 4.69) is 10.6 Å². The number of amides is 2. The second kappa shape index (κ2) is 13.9. The highest BCUT2D eigenvalue weighted by Crippen LogP contribution is 2.41. The van der Waals surface area contributed by atoms with Crippen molar-refractivity contribution in [2.24, 2.45) is 0 Å². The SMILES string of the molecule is COc1ccc2c(cc1=O)[C@@H](NC(=O)[C@H](CC(=O)C(=O)OC(C)(C)C)NC(C)=O)CCc1cc(CO)c(CO)c(CO)c1-2. The first-order valence-corrected chi connectivity index (χ1v) is 13.8. The lowest BCUT2D eigenvalue weighted by atomic mass is 9.87. The number of methoxy groups -OCH3 is 1. The maximum absolute atomic E-state index is 13.6. The molecule has 2 aromatic carbocycles. The number of aliphatic hydroxyl groups is 3. The monoisotopic (exact) mass is 598 g/mol. The zero-order valence-corrected chi connectivity index (χ0v) is 24.9. The van der Waals surface area contributed by atoms with Gasteiger partial charge in [0.1, 0.15) is 11.6 Å². The number of ketones is 1. The van der Waals surface area contributed by atoms with Crippen molar-refractivity contribution in [3.8, 4) is 16.9 Å². The van der Waals surface area contributed by atoms with Gasteiger partial charge in [-0.2, -0.15) is 0 Å². The van der Waals surface area contributed by atoms with Crippen LogP contribution in [-0.4, -0.2) is 57.6 Å². The lowest BCUT2D eigenvalue weighted by molar-refractivity contribution is -0.162. The minimum atomic E-state index is -1.42. The highest BCUT2D eigenvalue weighted by Gasteiger charge is 2.33. The highest BCUT2D eigenvalue weighted by atomic mass is 16.6. The molecule has 0 saturated heterocycles. The van der Waals surface area contributed by atoms with Gasteiger partial charge in [0.05, 0.1) is 33.0 Å². The number of carbonyl (C=O) groups is 4. The van der Waals surface area contributed by atoms with Crippen LogP contribution in [0.25, 0.3) is 11.1 Å². The van der Waals surface area contributed by atoms with Crippen LogP contribution in [0.5, 0.6) is 5.75 Å². The Balaban J connectivity index is 2.11. The molecule has 2 aromatic rings. The van der Waals surface area contributed by atoms with Gasteiger partial charge in [-0.1, -0.05) is 12.1 Å². The number of hydrogen-bond donors (Lipinski definition) is 5. The molecule has 5 N–H and O–H groups in total. The van der Waals surface area contributed by atoms with E-state index in [-0.39, 0.29) is 18.8 Å². The topological polar surface area (TPSA) is 189 Å². The molecule has 1 aliphatic rings. The van der Waals surface area contributed by atoms with Crippen molar-refractivity contribution < 1.29 is 44.0 Å². The number of ether oxygens (including phenoxy) is 2. The van der Waals surface area contributed by atoms with Crippen LogP contribution in [0.1, 0.15) is 74.4 Å². The Hall–Kier alpha value is -4.13. The van der Waals surface area contributed by atoms with Crippen LogP contribution in [0.3, 0.4) is 0 Å². The van der Waals surface area contributed by atoms with E-state index in [0.717, 1.165) is 0 Å². The molecule has 0 radical (unpaired) electrons. The average molecular weight is 599 g/mol. The van der Waals surface area contributed by atoms with Crippen LogP contribution in [0, 0.1) is 0 Å². The van der Waals surface area contributed by atoms with Gasteiger partial charge in [0.2, 0.25) is 23.0 Å². The number of aliphatic hydroxyl groups excluding tert-OH is 3. The summed E-state index contributed by atoms with van der Waals surface area (Å²) in [6.45, 7) is 4.63. The predicted molar refractivity (Wildman–Crippen MR) is 155 cm³/mol. The van der Waals surface area contributed by atoms with Crippen molar-refractivity contribution in [2.75, 3.05) is 7.11 Å². The quantitative estimate of drug-likeness (QED) is 0.196. The Morgan fingerprint density at radius 3 is 2.26 bits per heavy atom. The third-order valence-electron chi connectivity index (χ3n) is 7.05. The largest absolute Gasteiger partial charge is 0.493 e. The lowest BCUT2D eigenvalue weighted by Crippen LogP contribution is -2.49. The molecule has 0 fully saturated rings. The summed E-state index contributed by atoms with van der Waals surface area (Å²) in [7, 11) is 1.34. The molecule has 3 rings (SSSR count). The van der Waals surface area contributed by atoms with Gasteiger partial charge >= 0.3 is 5.97 Å². The van der Waals surface area contributed by atoms with E-state index in [0.29, 0.717) is 45.4 Å². The van der Waals surface area contributed by atoms with Crippen LogP contribution in [0.15, 0.2) is 29.1 Å². The number of esters is 1. The van der Waals surface area contributed by atoms with E-state index < -0.39 is 66.3 Å². The molecule has 0 spiro atoms. The lowest BCUT2D eigenvalue weighted by Gasteiger charge is -2.24. The zero-order chi connectivity index (χ0) is 32.1. The molecule has 2 atom stereocenters. The fraction of sp³-hybridized carbons (Fsp3) is 0.452. The molecular formula is C31H38N2O10. The summed E-state index contributed by atoms with van der Waals surface area (Å²) in [6, 6.07) is 3.88. The minimum absolute atomic E-state index is 0.0266. The summed E-state index contributed by atoms with van der Waals surface area (Å²) < 4.78 is 10.3. The fourth-order valence-corrected chi connectivity index (χ4v) is 5.20. The van der Waals surface area contributed by atoms with Crippen LogP contribution < -0.4 is 20.8 Å². The van der Waals surface area contributed by atoms with Crippen molar-refractivity contribution in [3.05, 3.63) is 62.3 Å². The van der Waals surface area contributed by atoms with Gasteiger partial charge in [-0.3, -0.25) is 19.2 Å². The Morgan fingerprint density at radius 1 is 1.02 bits per heavy atom. The molecule has 12 heteroatoms. The second-order valence-electron chi connectivity index (χ2n) is 11.3. The minimum Gasteiger partial charge on any atom is -0.493 e. The Kier molecular flexibility index (Phi) is 10.8. The average Bonchev–Trinajstić information content (AvgIpc) is 3.18. The number of carbonyl (C=O) groups excluding carboxylic acids is 4. The highest BCUT2D eigenvalue weighted by molar-refractivity contribution is 6.34. The van der Waals surface area contributed by atoms with Crippen LogP contribution in [-0.2, 0) is 50.2 Å². The second-order valence-corrected chi connectivity index (χ2v) is 11.3. The first-order valence-electron chi connectivity index (χ1n) is 13.8. The van der Waals surface area contributed by atoms with Gasteiger partial charge in [0, 0.05) is 13.3 Å². The van der Waals surface area contributed by atoms with Gasteiger partial charge < -0.3 is 35.4 Å². The first-order chi connectivity index (χ1) is 20.2. The summed E-state index contributed by atoms with van der Waals surface area (Å²) in [4.78, 5) is 63.5. The van der Waals surface area contributed by atoms with Gasteiger partial charge in [-0.25, -0.2) is 4.79 Å². The summed E-state index contributed by atoms with van der Waals surface area (Å²) >= 11 is 0. The van der Waals surface area contributed by atoms with Crippen LogP contribution in [0.2, 0.25) is 0 Å². The number of benzene rings is 1. The molecule has 2 amide bonds. The van der Waals surface area contributed by atoms with Crippen molar-refractivity contribution in [2.45, 2.75) is 84.5 Å². The third-order valence-corrected chi connectivity index (χ3v) is 7.05. The van der Waals surface area contributed by atoms with E-state index in [4.69, 9.17) is 9.47 Å². The van der Waals surface area contributed by atoms with Crippen molar-refractivity contribution in [3.63, 3.8) is 0 Å². The number of Topliss-reactive ketones (excluding diaryl/α,β-unsaturated/α-hetero) is 1. The van der Waals surface area contributed by atoms with Crippen molar-refractivity contribution >= 4 is 23.6 Å². The summed E-state index contributed by atoms with van der Waals surface area (Å²) in [5.74, 6) is -3.49. The molecule has 43 heavy (non-hydrogen) atoms. The number of rotatable bonds is 10. The van der Waals surface area contributed by atoms with E-state index in [9.17, 15) is 39.3 Å². The predicted octanol–water partition coefficient (Wildman–Crippen LogP) is 1.11. The van der Waals surface area contributed by atoms with E-state index in [1.165, 1.54) is 26.2 Å². The van der Waals surface area contributed by atoms with Gasteiger partial charge in [-0.05, 0) is 84.7 Å². The van der Waals surface area contributed by atoms with Crippen LogP contribution >= 0.6 is 0 Å². The number of fused-ring (bicyclic) bond motifs is 3. The maximum atomic E-state index is 13.6. The smallest absolute Gasteiger partial charge is 0.375 e. The van der Waals surface area contributed by atoms with E-state index in [1.807, 2.05) is 0 Å². The van der Waals surface area contributed by atoms with Crippen molar-refractivity contribution in [1.82, 2.24) is 10.6 Å². The Labute approximate surface area is 249 Å². The Bertz CT molecular complexity index is 1480. The molecule has 1 aliphatic carbocycles. The molecule has 0 saturated carbocycles. The van der Waals surface area contributed by atoms with Crippen LogP contribution in [0.4, 0.5) is 0 Å². The standard InChI is InChI=1S/C31H38N2O10/c1-16(37)32-24(12-26(39)30(41)43-31(2,3)4)29(40)33-23-8-6-17-10-18(13-34)21(14-35)22(15-36)28(17)19-7-9-27(42-5)25(38)11-20(19)23/h7,9-11,23-24,34-36H,6,8,12-15H2,1-5H3,(H,32,37)(H,33,40)/t23-,24-/m0/s1. The fourth-order valence-electron chi connectivity index (χ4n) is 5.20. The molecule has 232 valence electrons. The molecule has 0 aliphatic heterocycles. The normalized spacial score (nSPS) is 14.8. The van der Waals surface area contributed by atoms with Gasteiger partial charge in [0.25, 0.3) is 0 Å². The third kappa shape index (κ3) is 7.83. The maximum Gasteiger partial charge on any atom is 0.375 e. The summed E-state index contributed by atoms with van der Waals surface area (Å²) in [6.07, 6.45) is -0.0758. The molecule has 0 heterocycles. The van der Waals surface area contributed by atoms with E-state index in [1.54, 1.807) is 32.9 Å². The Morgan fingerprint density at radius 2 is 1.70 bits per heavy atom. The molecule has 0 unspecified atom stereocenters. The molecular weight excluding hydrogens is 560 g/mol. The molecule has 12 nitrogen and oxygen atoms in total. The summed E-state index contributed by atoms with van der Waals surface area (Å²) in [5, 5.41) is 35.6. The molecule has 0 bridgehead atoms. The number of nitrogens with one attached hydrogen (secondary N) is 2. The molecule has 0 aromatic heterocycles. The first kappa shape index (κ1) is 33.4. The van der Waals surface area contributed by atoms with Crippen molar-refractivity contribution in [1.29, 1.82) is 0 Å². The van der Waals surface area contributed by atoms with Gasteiger partial charge in [0.15, 0.2) is 5.75 Å². The summed E-state index contributed by atoms with van der Waals surface area (Å²) in [5.41, 5.74) is 1.83. The number of hydrogen-bond acceptors (Lipinski definition) is 10. The number of aryl methyl sites for hydroxylation is 1. The van der Waals surface area contributed by atoms with Gasteiger partial charge in [-0.15, -0.1) is 0 Å². The zero-order valence-electron chi connectivity index (χ0n) is 24.9.